The summed E-state index contributed by atoms with van der Waals surface area (Å²) in [5.74, 6) is 1.05. The molecule has 0 amide bonds. The van der Waals surface area contributed by atoms with Gasteiger partial charge in [0, 0.05) is 4.47 Å². The van der Waals surface area contributed by atoms with E-state index in [1.807, 2.05) is 32.0 Å². The molecule has 0 bridgehead atoms. The van der Waals surface area contributed by atoms with Gasteiger partial charge in [-0.05, 0) is 37.1 Å². The summed E-state index contributed by atoms with van der Waals surface area (Å²) in [4.78, 5) is 0. The lowest BCUT2D eigenvalue weighted by atomic mass is 10.2. The van der Waals surface area contributed by atoms with Crippen molar-refractivity contribution in [3.8, 4) is 5.75 Å². The molecule has 1 rings (SSSR count). The number of sulfone groups is 1. The van der Waals surface area contributed by atoms with Gasteiger partial charge in [0.2, 0.25) is 0 Å². The van der Waals surface area contributed by atoms with Crippen LogP contribution >= 0.6 is 15.9 Å². The minimum atomic E-state index is -2.96. The van der Waals surface area contributed by atoms with Crippen LogP contribution in [0, 0.1) is 6.92 Å². The Morgan fingerprint density at radius 1 is 1.29 bits per heavy atom. The van der Waals surface area contributed by atoms with E-state index in [1.165, 1.54) is 0 Å². The summed E-state index contributed by atoms with van der Waals surface area (Å²) in [5, 5.41) is 0. The molecule has 0 aliphatic rings. The van der Waals surface area contributed by atoms with Gasteiger partial charge in [-0.15, -0.1) is 0 Å². The second kappa shape index (κ2) is 6.40. The van der Waals surface area contributed by atoms with Gasteiger partial charge in [0.1, 0.15) is 12.4 Å². The van der Waals surface area contributed by atoms with Gasteiger partial charge in [0.05, 0.1) is 11.5 Å². The zero-order valence-corrected chi connectivity index (χ0v) is 12.5. The Labute approximate surface area is 111 Å². The first-order valence-electron chi connectivity index (χ1n) is 5.54. The number of hydrogen-bond acceptors (Lipinski definition) is 3. The van der Waals surface area contributed by atoms with E-state index in [0.29, 0.717) is 6.42 Å². The van der Waals surface area contributed by atoms with E-state index >= 15 is 0 Å². The highest BCUT2D eigenvalue weighted by molar-refractivity contribution is 9.10. The predicted octanol–water partition coefficient (Wildman–Crippen LogP) is 2.96. The van der Waals surface area contributed by atoms with Crippen molar-refractivity contribution in [2.24, 2.45) is 0 Å². The van der Waals surface area contributed by atoms with Gasteiger partial charge in [-0.1, -0.05) is 22.9 Å². The van der Waals surface area contributed by atoms with E-state index in [9.17, 15) is 8.42 Å². The molecular weight excluding hydrogens is 304 g/mol. The van der Waals surface area contributed by atoms with Gasteiger partial charge in [0.25, 0.3) is 0 Å². The second-order valence-corrected chi connectivity index (χ2v) is 7.13. The predicted molar refractivity (Wildman–Crippen MR) is 73.3 cm³/mol. The summed E-state index contributed by atoms with van der Waals surface area (Å²) in [6.07, 6.45) is 0.652. The highest BCUT2D eigenvalue weighted by Crippen LogP contribution is 2.22. The summed E-state index contributed by atoms with van der Waals surface area (Å²) >= 11 is 3.37. The van der Waals surface area contributed by atoms with Gasteiger partial charge in [-0.25, -0.2) is 8.42 Å². The molecule has 96 valence electrons. The van der Waals surface area contributed by atoms with Crippen molar-refractivity contribution in [1.29, 1.82) is 0 Å². The molecule has 0 aliphatic heterocycles. The number of benzene rings is 1. The number of aryl methyl sites for hydroxylation is 1. The van der Waals surface area contributed by atoms with E-state index in [-0.39, 0.29) is 18.1 Å². The molecule has 0 heterocycles. The Kier molecular flexibility index (Phi) is 5.46. The van der Waals surface area contributed by atoms with Crippen LogP contribution in [0.1, 0.15) is 18.9 Å². The van der Waals surface area contributed by atoms with E-state index in [1.54, 1.807) is 0 Å². The second-order valence-electron chi connectivity index (χ2n) is 3.91. The summed E-state index contributed by atoms with van der Waals surface area (Å²) < 4.78 is 29.4. The fraction of sp³-hybridized carbons (Fsp3) is 0.500. The summed E-state index contributed by atoms with van der Waals surface area (Å²) in [6, 6.07) is 5.66. The van der Waals surface area contributed by atoms with Gasteiger partial charge >= 0.3 is 0 Å². The average molecular weight is 321 g/mol. The minimum Gasteiger partial charge on any atom is -0.492 e. The molecule has 0 radical (unpaired) electrons. The van der Waals surface area contributed by atoms with Crippen molar-refractivity contribution in [3.63, 3.8) is 0 Å². The molecule has 0 aliphatic carbocycles. The van der Waals surface area contributed by atoms with E-state index < -0.39 is 9.84 Å². The number of halogens is 1. The molecule has 0 fully saturated rings. The molecular formula is C12H17BrO3S. The Hall–Kier alpha value is -0.550. The number of rotatable bonds is 6. The minimum absolute atomic E-state index is 0.0797. The summed E-state index contributed by atoms with van der Waals surface area (Å²) in [6.45, 7) is 4.00. The van der Waals surface area contributed by atoms with Crippen molar-refractivity contribution < 1.29 is 13.2 Å². The van der Waals surface area contributed by atoms with Crippen LogP contribution in [0.15, 0.2) is 22.7 Å². The molecule has 0 atom stereocenters. The monoisotopic (exact) mass is 320 g/mol. The maximum atomic E-state index is 11.5. The fourth-order valence-electron chi connectivity index (χ4n) is 1.47. The molecule has 5 heteroatoms. The third kappa shape index (κ3) is 5.08. The fourth-order valence-corrected chi connectivity index (χ4v) is 3.11. The topological polar surface area (TPSA) is 43.4 Å². The largest absolute Gasteiger partial charge is 0.492 e. The highest BCUT2D eigenvalue weighted by Gasteiger charge is 2.09. The molecule has 0 unspecified atom stereocenters. The van der Waals surface area contributed by atoms with Crippen molar-refractivity contribution in [3.05, 3.63) is 28.2 Å². The van der Waals surface area contributed by atoms with Crippen LogP contribution in [0.5, 0.6) is 5.75 Å². The lowest BCUT2D eigenvalue weighted by molar-refractivity contribution is 0.338. The molecule has 0 spiro atoms. The van der Waals surface area contributed by atoms with E-state index in [2.05, 4.69) is 15.9 Å². The first kappa shape index (κ1) is 14.5. The van der Waals surface area contributed by atoms with Gasteiger partial charge in [0.15, 0.2) is 9.84 Å². The van der Waals surface area contributed by atoms with Crippen molar-refractivity contribution in [1.82, 2.24) is 0 Å². The zero-order valence-electron chi connectivity index (χ0n) is 10.1. The van der Waals surface area contributed by atoms with Crippen molar-refractivity contribution in [2.75, 3.05) is 18.1 Å². The number of ether oxygens (including phenoxy) is 1. The quantitative estimate of drug-likeness (QED) is 0.809. The molecule has 0 N–H and O–H groups in total. The smallest absolute Gasteiger partial charge is 0.153 e. The Morgan fingerprint density at radius 2 is 2.00 bits per heavy atom. The van der Waals surface area contributed by atoms with Crippen LogP contribution in [0.2, 0.25) is 0 Å². The highest BCUT2D eigenvalue weighted by atomic mass is 79.9. The normalized spacial score (nSPS) is 11.5. The van der Waals surface area contributed by atoms with E-state index in [4.69, 9.17) is 4.74 Å². The zero-order chi connectivity index (χ0) is 12.9. The first-order chi connectivity index (χ1) is 7.94. The Balaban J connectivity index is 2.51. The summed E-state index contributed by atoms with van der Waals surface area (Å²) in [7, 11) is -2.96. The van der Waals surface area contributed by atoms with Crippen LogP contribution in [0.3, 0.4) is 0 Å². The summed E-state index contributed by atoms with van der Waals surface area (Å²) in [5.41, 5.74) is 0.993. The maximum absolute atomic E-state index is 11.5. The van der Waals surface area contributed by atoms with Gasteiger partial charge in [-0.3, -0.25) is 0 Å². The maximum Gasteiger partial charge on any atom is 0.153 e. The molecule has 3 nitrogen and oxygen atoms in total. The van der Waals surface area contributed by atoms with Crippen LogP contribution in [0.25, 0.3) is 0 Å². The molecule has 1 aromatic carbocycles. The van der Waals surface area contributed by atoms with Crippen LogP contribution in [-0.4, -0.2) is 26.5 Å². The molecule has 1 aromatic rings. The first-order valence-corrected chi connectivity index (χ1v) is 8.15. The molecule has 0 saturated heterocycles. The SMILES string of the molecule is CCCS(=O)(=O)CCOc1ccc(Br)cc1C. The Morgan fingerprint density at radius 3 is 2.59 bits per heavy atom. The third-order valence-electron chi connectivity index (χ3n) is 2.30. The van der Waals surface area contributed by atoms with E-state index in [0.717, 1.165) is 15.8 Å². The van der Waals surface area contributed by atoms with Gasteiger partial charge < -0.3 is 4.74 Å². The average Bonchev–Trinajstić information content (AvgIpc) is 2.21. The lowest BCUT2D eigenvalue weighted by Gasteiger charge is -2.09. The van der Waals surface area contributed by atoms with Crippen molar-refractivity contribution in [2.45, 2.75) is 20.3 Å². The van der Waals surface area contributed by atoms with Crippen LogP contribution < -0.4 is 4.74 Å². The van der Waals surface area contributed by atoms with Gasteiger partial charge in [-0.2, -0.15) is 0 Å². The van der Waals surface area contributed by atoms with Crippen LogP contribution in [-0.2, 0) is 9.84 Å². The lowest BCUT2D eigenvalue weighted by Crippen LogP contribution is -2.16. The van der Waals surface area contributed by atoms with Crippen LogP contribution in [0.4, 0.5) is 0 Å². The molecule has 17 heavy (non-hydrogen) atoms. The van der Waals surface area contributed by atoms with Crippen molar-refractivity contribution >= 4 is 25.8 Å². The third-order valence-corrected chi connectivity index (χ3v) is 4.62. The molecule has 0 saturated carbocycles. The standard InChI is InChI=1S/C12H17BrO3S/c1-3-7-17(14,15)8-6-16-12-5-4-11(13)9-10(12)2/h4-5,9H,3,6-8H2,1-2H3. The number of hydrogen-bond donors (Lipinski definition) is 0. The Bertz CT molecular complexity index is 469. The molecule has 0 aromatic heterocycles.